The summed E-state index contributed by atoms with van der Waals surface area (Å²) in [4.78, 5) is 0. The Labute approximate surface area is 122 Å². The zero-order valence-corrected chi connectivity index (χ0v) is 13.0. The molecular weight excluding hydrogens is 278 g/mol. The van der Waals surface area contributed by atoms with Crippen LogP contribution in [0.5, 0.6) is 11.5 Å². The molecule has 0 aliphatic carbocycles. The molecule has 3 atom stereocenters. The van der Waals surface area contributed by atoms with Gasteiger partial charge in [-0.1, -0.05) is 12.1 Å². The average molecular weight is 301 g/mol. The van der Waals surface area contributed by atoms with E-state index in [-0.39, 0.29) is 12.6 Å². The summed E-state index contributed by atoms with van der Waals surface area (Å²) in [5.74, 6) is 1.82. The lowest BCUT2D eigenvalue weighted by atomic mass is 10.3. The van der Waals surface area contributed by atoms with Gasteiger partial charge in [-0.15, -0.1) is 0 Å². The molecular formula is C14H23NO4S. The average Bonchev–Trinajstić information content (AvgIpc) is 2.42. The Kier molecular flexibility index (Phi) is 7.58. The number of aliphatic hydroxyl groups is 1. The summed E-state index contributed by atoms with van der Waals surface area (Å²) >= 11 is 0. The molecule has 1 rings (SSSR count). The largest absolute Gasteiger partial charge is 0.493 e. The predicted molar refractivity (Wildman–Crippen MR) is 80.9 cm³/mol. The first kappa shape index (κ1) is 16.9. The molecule has 0 fully saturated rings. The van der Waals surface area contributed by atoms with E-state index in [1.165, 1.54) is 0 Å². The number of para-hydroxylation sites is 2. The minimum Gasteiger partial charge on any atom is -0.493 e. The zero-order valence-electron chi connectivity index (χ0n) is 12.2. The number of ether oxygens (including phenoxy) is 2. The molecule has 0 amide bonds. The van der Waals surface area contributed by atoms with Gasteiger partial charge in [0.1, 0.15) is 12.7 Å². The molecule has 1 aromatic rings. The van der Waals surface area contributed by atoms with Crippen molar-refractivity contribution in [2.45, 2.75) is 19.1 Å². The minimum atomic E-state index is -0.840. The molecule has 0 aromatic heterocycles. The first-order valence-corrected chi connectivity index (χ1v) is 8.23. The van der Waals surface area contributed by atoms with E-state index in [1.807, 2.05) is 19.1 Å². The van der Waals surface area contributed by atoms with Crippen LogP contribution in [-0.2, 0) is 10.8 Å². The maximum atomic E-state index is 11.1. The topological polar surface area (TPSA) is 67.8 Å². The van der Waals surface area contributed by atoms with Crippen LogP contribution in [0.1, 0.15) is 6.92 Å². The van der Waals surface area contributed by atoms with Gasteiger partial charge < -0.3 is 19.9 Å². The summed E-state index contributed by atoms with van der Waals surface area (Å²) in [6, 6.07) is 7.40. The highest BCUT2D eigenvalue weighted by Crippen LogP contribution is 2.25. The second kappa shape index (κ2) is 8.94. The Bertz CT molecular complexity index is 427. The SMILES string of the molecule is COc1ccccc1OCC(O)CNC(C)CS(C)=O. The Morgan fingerprint density at radius 2 is 2.00 bits per heavy atom. The molecule has 0 spiro atoms. The van der Waals surface area contributed by atoms with E-state index in [1.54, 1.807) is 25.5 Å². The molecule has 0 saturated heterocycles. The third-order valence-corrected chi connectivity index (χ3v) is 3.66. The van der Waals surface area contributed by atoms with Gasteiger partial charge >= 0.3 is 0 Å². The van der Waals surface area contributed by atoms with Crippen molar-refractivity contribution in [2.75, 3.05) is 32.3 Å². The highest BCUT2D eigenvalue weighted by molar-refractivity contribution is 7.84. The van der Waals surface area contributed by atoms with Gasteiger partial charge in [-0.25, -0.2) is 0 Å². The molecule has 2 N–H and O–H groups in total. The van der Waals surface area contributed by atoms with Crippen LogP contribution in [-0.4, -0.2) is 53.7 Å². The van der Waals surface area contributed by atoms with Gasteiger partial charge in [0.25, 0.3) is 0 Å². The molecule has 5 nitrogen and oxygen atoms in total. The number of hydrogen-bond donors (Lipinski definition) is 2. The fourth-order valence-electron chi connectivity index (χ4n) is 1.73. The van der Waals surface area contributed by atoms with Gasteiger partial charge in [0.2, 0.25) is 0 Å². The van der Waals surface area contributed by atoms with Crippen molar-refractivity contribution in [2.24, 2.45) is 0 Å². The van der Waals surface area contributed by atoms with E-state index in [4.69, 9.17) is 9.47 Å². The molecule has 1 aromatic carbocycles. The molecule has 114 valence electrons. The van der Waals surface area contributed by atoms with Crippen LogP contribution in [0.4, 0.5) is 0 Å². The van der Waals surface area contributed by atoms with Crippen molar-refractivity contribution in [3.05, 3.63) is 24.3 Å². The summed E-state index contributed by atoms with van der Waals surface area (Å²) in [7, 11) is 0.736. The molecule has 20 heavy (non-hydrogen) atoms. The third-order valence-electron chi connectivity index (χ3n) is 2.69. The highest BCUT2D eigenvalue weighted by Gasteiger charge is 2.10. The zero-order chi connectivity index (χ0) is 15.0. The van der Waals surface area contributed by atoms with Crippen molar-refractivity contribution in [1.82, 2.24) is 5.32 Å². The van der Waals surface area contributed by atoms with Gasteiger partial charge in [-0.3, -0.25) is 4.21 Å². The van der Waals surface area contributed by atoms with E-state index < -0.39 is 16.9 Å². The number of hydrogen-bond acceptors (Lipinski definition) is 5. The second-order valence-electron chi connectivity index (χ2n) is 4.66. The third kappa shape index (κ3) is 6.36. The quantitative estimate of drug-likeness (QED) is 0.706. The first-order valence-electron chi connectivity index (χ1n) is 6.50. The van der Waals surface area contributed by atoms with E-state index in [2.05, 4.69) is 5.32 Å². The molecule has 0 radical (unpaired) electrons. The number of benzene rings is 1. The fourth-order valence-corrected chi connectivity index (χ4v) is 2.55. The molecule has 0 aliphatic rings. The Morgan fingerprint density at radius 1 is 1.35 bits per heavy atom. The van der Waals surface area contributed by atoms with Crippen LogP contribution in [0.3, 0.4) is 0 Å². The van der Waals surface area contributed by atoms with Crippen molar-refractivity contribution in [1.29, 1.82) is 0 Å². The van der Waals surface area contributed by atoms with E-state index >= 15 is 0 Å². The predicted octanol–water partition coefficient (Wildman–Crippen LogP) is 0.791. The van der Waals surface area contributed by atoms with Crippen molar-refractivity contribution >= 4 is 10.8 Å². The smallest absolute Gasteiger partial charge is 0.161 e. The standard InChI is InChI=1S/C14H23NO4S/c1-11(10-20(3)17)15-8-12(16)9-19-14-7-5-4-6-13(14)18-2/h4-7,11-12,15-16H,8-10H2,1-3H3. The van der Waals surface area contributed by atoms with Gasteiger partial charge in [0, 0.05) is 35.4 Å². The molecule has 0 aliphatic heterocycles. The monoisotopic (exact) mass is 301 g/mol. The summed E-state index contributed by atoms with van der Waals surface area (Å²) in [5, 5.41) is 13.0. The maximum Gasteiger partial charge on any atom is 0.161 e. The Morgan fingerprint density at radius 3 is 2.60 bits per heavy atom. The number of aliphatic hydroxyl groups excluding tert-OH is 1. The lowest BCUT2D eigenvalue weighted by Gasteiger charge is -2.17. The van der Waals surface area contributed by atoms with Crippen molar-refractivity contribution in [3.63, 3.8) is 0 Å². The Hall–Kier alpha value is -1.11. The van der Waals surface area contributed by atoms with Crippen molar-refractivity contribution in [3.8, 4) is 11.5 Å². The molecule has 0 bridgehead atoms. The van der Waals surface area contributed by atoms with Gasteiger partial charge in [0.15, 0.2) is 11.5 Å². The lowest BCUT2D eigenvalue weighted by Crippen LogP contribution is -2.39. The maximum absolute atomic E-state index is 11.1. The lowest BCUT2D eigenvalue weighted by molar-refractivity contribution is 0.103. The van der Waals surface area contributed by atoms with Gasteiger partial charge in [-0.2, -0.15) is 0 Å². The van der Waals surface area contributed by atoms with Gasteiger partial charge in [-0.05, 0) is 19.1 Å². The van der Waals surface area contributed by atoms with E-state index in [0.717, 1.165) is 0 Å². The summed E-state index contributed by atoms with van der Waals surface area (Å²) in [6.45, 7) is 2.51. The van der Waals surface area contributed by atoms with E-state index in [9.17, 15) is 9.32 Å². The van der Waals surface area contributed by atoms with Crippen LogP contribution in [0.15, 0.2) is 24.3 Å². The van der Waals surface area contributed by atoms with Crippen LogP contribution >= 0.6 is 0 Å². The van der Waals surface area contributed by atoms with Crippen LogP contribution in [0.25, 0.3) is 0 Å². The number of nitrogens with one attached hydrogen (secondary N) is 1. The second-order valence-corrected chi connectivity index (χ2v) is 6.14. The first-order chi connectivity index (χ1) is 9.52. The minimum absolute atomic E-state index is 0.0988. The van der Waals surface area contributed by atoms with E-state index in [0.29, 0.717) is 23.8 Å². The summed E-state index contributed by atoms with van der Waals surface area (Å²) < 4.78 is 21.7. The number of methoxy groups -OCH3 is 1. The van der Waals surface area contributed by atoms with Crippen molar-refractivity contribution < 1.29 is 18.8 Å². The van der Waals surface area contributed by atoms with Crippen LogP contribution in [0, 0.1) is 0 Å². The highest BCUT2D eigenvalue weighted by atomic mass is 32.2. The Balaban J connectivity index is 2.32. The fraction of sp³-hybridized carbons (Fsp3) is 0.571. The molecule has 0 saturated carbocycles. The normalized spacial score (nSPS) is 15.4. The van der Waals surface area contributed by atoms with Gasteiger partial charge in [0.05, 0.1) is 7.11 Å². The molecule has 6 heteroatoms. The number of rotatable bonds is 9. The molecule has 3 unspecified atom stereocenters. The summed E-state index contributed by atoms with van der Waals surface area (Å²) in [5.41, 5.74) is 0. The van der Waals surface area contributed by atoms with Crippen LogP contribution < -0.4 is 14.8 Å². The molecule has 0 heterocycles. The summed E-state index contributed by atoms with van der Waals surface area (Å²) in [6.07, 6.45) is 1.03. The van der Waals surface area contributed by atoms with Crippen LogP contribution in [0.2, 0.25) is 0 Å².